The first-order valence-electron chi connectivity index (χ1n) is 20.6. The Kier molecular flexibility index (Phi) is 17.8. The standard InChI is InChI=1S/2C22H21N.4C2H6/c1-16(2)17-10-7-11-20(15-17)23-21-12-5-3-8-18(21)14-19-9-4-6-13-22(19)23;1-16(2)17-11-13-20(14-12-17)23-21-9-5-3-7-18(21)15-19-8-4-6-10-22(19)23;4*1-2/h3-13,15-16H,14H2,1-2H3;3-14,16H,15H2,1-2H3;4*1-2H3. The van der Waals surface area contributed by atoms with Gasteiger partial charge in [0.05, 0.1) is 0 Å². The maximum atomic E-state index is 2.40. The maximum Gasteiger partial charge on any atom is 0.0497 e. The van der Waals surface area contributed by atoms with Gasteiger partial charge < -0.3 is 9.80 Å². The second-order valence-corrected chi connectivity index (χ2v) is 13.0. The Hall–Kier alpha value is -5.08. The van der Waals surface area contributed by atoms with E-state index in [2.05, 4.69) is 183 Å². The van der Waals surface area contributed by atoms with E-state index in [-0.39, 0.29) is 0 Å². The zero-order valence-electron chi connectivity index (χ0n) is 35.3. The fourth-order valence-corrected chi connectivity index (χ4v) is 6.77. The van der Waals surface area contributed by atoms with Crippen molar-refractivity contribution < 1.29 is 0 Å². The molecule has 0 aliphatic carbocycles. The Bertz CT molecular complexity index is 1880. The van der Waals surface area contributed by atoms with Crippen LogP contribution < -0.4 is 9.80 Å². The molecule has 0 saturated heterocycles. The molecule has 0 saturated carbocycles. The molecule has 0 amide bonds. The van der Waals surface area contributed by atoms with Gasteiger partial charge in [-0.2, -0.15) is 0 Å². The normalized spacial score (nSPS) is 11.4. The van der Waals surface area contributed by atoms with Crippen LogP contribution in [0.1, 0.15) is 128 Å². The second-order valence-electron chi connectivity index (χ2n) is 13.0. The predicted molar refractivity (Wildman–Crippen MR) is 241 cm³/mol. The SMILES string of the molecule is CC.CC.CC.CC.CC(C)c1ccc(N2c3ccccc3Cc3ccccc32)cc1.CC(C)c1cccc(N2c3ccccc3Cc3ccccc32)c1. The van der Waals surface area contributed by atoms with Crippen molar-refractivity contribution in [2.75, 3.05) is 9.80 Å². The first-order chi connectivity index (χ1) is 26.5. The molecule has 0 N–H and O–H groups in total. The quantitative estimate of drug-likeness (QED) is 0.179. The number of benzene rings is 6. The first-order valence-corrected chi connectivity index (χ1v) is 20.6. The lowest BCUT2D eigenvalue weighted by atomic mass is 9.94. The van der Waals surface area contributed by atoms with E-state index >= 15 is 0 Å². The van der Waals surface area contributed by atoms with Crippen LogP contribution in [0.2, 0.25) is 0 Å². The van der Waals surface area contributed by atoms with Gasteiger partial charge in [-0.15, -0.1) is 0 Å². The van der Waals surface area contributed by atoms with E-state index in [4.69, 9.17) is 0 Å². The molecule has 6 aromatic rings. The smallest absolute Gasteiger partial charge is 0.0497 e. The van der Waals surface area contributed by atoms with Crippen molar-refractivity contribution in [1.29, 1.82) is 0 Å². The van der Waals surface area contributed by atoms with E-state index < -0.39 is 0 Å². The molecular weight excluding hydrogens is 653 g/mol. The summed E-state index contributed by atoms with van der Waals surface area (Å²) in [6, 6.07) is 52.8. The van der Waals surface area contributed by atoms with Gasteiger partial charge in [-0.25, -0.2) is 0 Å². The molecule has 2 heterocycles. The van der Waals surface area contributed by atoms with Crippen LogP contribution in [0.3, 0.4) is 0 Å². The van der Waals surface area contributed by atoms with E-state index in [1.54, 1.807) is 0 Å². The summed E-state index contributed by atoms with van der Waals surface area (Å²) in [5.41, 5.74) is 16.0. The predicted octanol–water partition coefficient (Wildman–Crippen LogP) is 16.5. The fraction of sp³-hybridized carbons (Fsp3) is 0.308. The number of anilines is 6. The van der Waals surface area contributed by atoms with Crippen LogP contribution in [0.4, 0.5) is 34.1 Å². The van der Waals surface area contributed by atoms with E-state index in [1.165, 1.54) is 67.5 Å². The molecule has 0 fully saturated rings. The first kappa shape index (κ1) is 43.3. The average Bonchev–Trinajstić information content (AvgIpc) is 3.25. The van der Waals surface area contributed by atoms with E-state index in [0.29, 0.717) is 11.8 Å². The molecule has 0 bridgehead atoms. The minimum absolute atomic E-state index is 0.533. The zero-order valence-corrected chi connectivity index (χ0v) is 35.3. The highest BCUT2D eigenvalue weighted by Gasteiger charge is 2.24. The van der Waals surface area contributed by atoms with Crippen LogP contribution in [0.25, 0.3) is 0 Å². The van der Waals surface area contributed by atoms with Crippen molar-refractivity contribution in [2.45, 2.75) is 108 Å². The molecular formula is C52H66N2. The molecule has 2 heteroatoms. The van der Waals surface area contributed by atoms with Crippen molar-refractivity contribution >= 4 is 34.1 Å². The highest BCUT2D eigenvalue weighted by atomic mass is 15.2. The van der Waals surface area contributed by atoms with Crippen LogP contribution in [-0.4, -0.2) is 0 Å². The second kappa shape index (κ2) is 22.2. The molecule has 0 radical (unpaired) electrons. The largest absolute Gasteiger partial charge is 0.310 e. The molecule has 2 aliphatic rings. The van der Waals surface area contributed by atoms with Gasteiger partial charge >= 0.3 is 0 Å². The zero-order chi connectivity index (χ0) is 39.6. The Morgan fingerprint density at radius 1 is 0.333 bits per heavy atom. The number of hydrogen-bond acceptors (Lipinski definition) is 2. The number of rotatable bonds is 4. The molecule has 8 rings (SSSR count). The summed E-state index contributed by atoms with van der Waals surface area (Å²) in [7, 11) is 0. The summed E-state index contributed by atoms with van der Waals surface area (Å²) in [5, 5.41) is 0. The molecule has 0 spiro atoms. The Balaban J connectivity index is 0.000000246. The molecule has 2 nitrogen and oxygen atoms in total. The van der Waals surface area contributed by atoms with Gasteiger partial charge in [0, 0.05) is 47.0 Å². The van der Waals surface area contributed by atoms with Crippen LogP contribution in [-0.2, 0) is 12.8 Å². The third-order valence-corrected chi connectivity index (χ3v) is 9.30. The van der Waals surface area contributed by atoms with Crippen molar-refractivity contribution in [3.63, 3.8) is 0 Å². The van der Waals surface area contributed by atoms with Gasteiger partial charge in [0.1, 0.15) is 0 Å². The molecule has 0 aromatic heterocycles. The van der Waals surface area contributed by atoms with Gasteiger partial charge in [-0.1, -0.05) is 180 Å². The number of fused-ring (bicyclic) bond motifs is 4. The summed E-state index contributed by atoms with van der Waals surface area (Å²) < 4.78 is 0. The third kappa shape index (κ3) is 10.1. The molecule has 284 valence electrons. The minimum atomic E-state index is 0.533. The van der Waals surface area contributed by atoms with E-state index in [0.717, 1.165) is 12.8 Å². The molecule has 0 atom stereocenters. The number of para-hydroxylation sites is 4. The third-order valence-electron chi connectivity index (χ3n) is 9.30. The van der Waals surface area contributed by atoms with Crippen LogP contribution in [0.5, 0.6) is 0 Å². The number of hydrogen-bond donors (Lipinski definition) is 0. The van der Waals surface area contributed by atoms with Crippen molar-refractivity contribution in [2.24, 2.45) is 0 Å². The van der Waals surface area contributed by atoms with Gasteiger partial charge in [-0.05, 0) is 93.7 Å². The Morgan fingerprint density at radius 2 is 0.667 bits per heavy atom. The topological polar surface area (TPSA) is 6.48 Å². The minimum Gasteiger partial charge on any atom is -0.310 e. The summed E-state index contributed by atoms with van der Waals surface area (Å²) in [5.74, 6) is 1.09. The Labute approximate surface area is 329 Å². The van der Waals surface area contributed by atoms with Gasteiger partial charge in [0.25, 0.3) is 0 Å². The van der Waals surface area contributed by atoms with Gasteiger partial charge in [-0.3, -0.25) is 0 Å². The summed E-state index contributed by atoms with van der Waals surface area (Å²) in [6.45, 7) is 25.0. The molecule has 2 aliphatic heterocycles. The number of nitrogens with zero attached hydrogens (tertiary/aromatic N) is 2. The van der Waals surface area contributed by atoms with E-state index in [1.807, 2.05) is 55.4 Å². The van der Waals surface area contributed by atoms with Crippen LogP contribution in [0.15, 0.2) is 146 Å². The lowest BCUT2D eigenvalue weighted by Gasteiger charge is -2.33. The monoisotopic (exact) mass is 719 g/mol. The molecule has 0 unspecified atom stereocenters. The molecule has 54 heavy (non-hydrogen) atoms. The summed E-state index contributed by atoms with van der Waals surface area (Å²) >= 11 is 0. The highest BCUT2D eigenvalue weighted by molar-refractivity contribution is 5.84. The average molecular weight is 719 g/mol. The van der Waals surface area contributed by atoms with Crippen molar-refractivity contribution in [3.8, 4) is 0 Å². The summed E-state index contributed by atoms with van der Waals surface area (Å²) in [6.07, 6.45) is 2.01. The lowest BCUT2D eigenvalue weighted by molar-refractivity contribution is 0.866. The van der Waals surface area contributed by atoms with Crippen molar-refractivity contribution in [1.82, 2.24) is 0 Å². The maximum absolute atomic E-state index is 2.40. The summed E-state index contributed by atoms with van der Waals surface area (Å²) in [4.78, 5) is 4.79. The van der Waals surface area contributed by atoms with Gasteiger partial charge in [0.15, 0.2) is 0 Å². The fourth-order valence-electron chi connectivity index (χ4n) is 6.77. The Morgan fingerprint density at radius 3 is 1.02 bits per heavy atom. The molecule has 6 aromatic carbocycles. The van der Waals surface area contributed by atoms with Crippen LogP contribution >= 0.6 is 0 Å². The van der Waals surface area contributed by atoms with Crippen molar-refractivity contribution in [3.05, 3.63) is 179 Å². The highest BCUT2D eigenvalue weighted by Crippen LogP contribution is 2.45. The lowest BCUT2D eigenvalue weighted by Crippen LogP contribution is -2.18. The van der Waals surface area contributed by atoms with E-state index in [9.17, 15) is 0 Å². The van der Waals surface area contributed by atoms with Crippen LogP contribution in [0, 0.1) is 0 Å². The van der Waals surface area contributed by atoms with Gasteiger partial charge in [0.2, 0.25) is 0 Å².